The lowest BCUT2D eigenvalue weighted by Gasteiger charge is -2.20. The molecule has 0 radical (unpaired) electrons. The van der Waals surface area contributed by atoms with Crippen LogP contribution in [0.15, 0.2) is 47.8 Å². The fourth-order valence-electron chi connectivity index (χ4n) is 2.39. The second-order valence-corrected chi connectivity index (χ2v) is 7.81. The molecule has 1 aromatic carbocycles. The Labute approximate surface area is 149 Å². The van der Waals surface area contributed by atoms with Crippen molar-refractivity contribution in [3.05, 3.63) is 53.2 Å². The minimum atomic E-state index is -0.315. The molecule has 4 nitrogen and oxygen atoms in total. The molecular formula is C18H19N3OS2. The monoisotopic (exact) mass is 357 g/mol. The maximum Gasteiger partial charge on any atom is 0.240 e. The number of fused-ring (bicyclic) bond motifs is 1. The highest BCUT2D eigenvalue weighted by Gasteiger charge is 2.25. The summed E-state index contributed by atoms with van der Waals surface area (Å²) < 4.78 is 0. The van der Waals surface area contributed by atoms with Crippen molar-refractivity contribution in [2.24, 2.45) is 0 Å². The van der Waals surface area contributed by atoms with Gasteiger partial charge in [0.2, 0.25) is 5.91 Å². The Morgan fingerprint density at radius 3 is 2.67 bits per heavy atom. The van der Waals surface area contributed by atoms with Gasteiger partial charge in [0.05, 0.1) is 0 Å². The van der Waals surface area contributed by atoms with Gasteiger partial charge in [-0.2, -0.15) is 0 Å². The van der Waals surface area contributed by atoms with Crippen LogP contribution < -0.4 is 0 Å². The van der Waals surface area contributed by atoms with Crippen LogP contribution in [-0.2, 0) is 11.2 Å². The molecule has 0 aliphatic carbocycles. The molecule has 1 amide bonds. The van der Waals surface area contributed by atoms with Crippen LogP contribution in [0.2, 0.25) is 0 Å². The zero-order chi connectivity index (χ0) is 17.1. The second kappa shape index (κ2) is 7.32. The molecule has 3 rings (SSSR count). The first-order valence-electron chi connectivity index (χ1n) is 7.76. The molecule has 0 fully saturated rings. The Kier molecular flexibility index (Phi) is 5.16. The van der Waals surface area contributed by atoms with Crippen LogP contribution >= 0.6 is 23.1 Å². The summed E-state index contributed by atoms with van der Waals surface area (Å²) in [5.41, 5.74) is 0.985. The molecular weight excluding hydrogens is 338 g/mol. The number of rotatable bonds is 5. The lowest BCUT2D eigenvalue weighted by atomic mass is 10.1. The van der Waals surface area contributed by atoms with Crippen LogP contribution in [-0.4, -0.2) is 34.9 Å². The Hall–Kier alpha value is -1.92. The quantitative estimate of drug-likeness (QED) is 0.508. The SMILES string of the molecule is CCc1cc2c(S[C@@H](C(=O)N(C)C)c3ccccc3)ncnc2s1. The third-order valence-corrected chi connectivity index (χ3v) is 6.13. The summed E-state index contributed by atoms with van der Waals surface area (Å²) in [5, 5.41) is 1.58. The number of likely N-dealkylation sites (N-methyl/N-ethyl adjacent to an activating group) is 1. The summed E-state index contributed by atoms with van der Waals surface area (Å²) in [6.45, 7) is 2.13. The van der Waals surface area contributed by atoms with Gasteiger partial charge in [0.15, 0.2) is 0 Å². The Balaban J connectivity index is 2.01. The predicted octanol–water partition coefficient (Wildman–Crippen LogP) is 4.18. The molecule has 0 bridgehead atoms. The van der Waals surface area contributed by atoms with Gasteiger partial charge in [0.1, 0.15) is 21.4 Å². The third kappa shape index (κ3) is 3.44. The van der Waals surface area contributed by atoms with Crippen LogP contribution in [0.4, 0.5) is 0 Å². The summed E-state index contributed by atoms with van der Waals surface area (Å²) in [6, 6.07) is 12.0. The van der Waals surface area contributed by atoms with E-state index >= 15 is 0 Å². The number of thiophene rings is 1. The van der Waals surface area contributed by atoms with E-state index in [2.05, 4.69) is 23.0 Å². The first-order chi connectivity index (χ1) is 11.6. The van der Waals surface area contributed by atoms with Crippen molar-refractivity contribution in [1.82, 2.24) is 14.9 Å². The predicted molar refractivity (Wildman–Crippen MR) is 101 cm³/mol. The number of aromatic nitrogens is 2. The molecule has 0 unspecified atom stereocenters. The van der Waals surface area contributed by atoms with Gasteiger partial charge in [-0.1, -0.05) is 49.0 Å². The average molecular weight is 358 g/mol. The van der Waals surface area contributed by atoms with E-state index in [0.717, 1.165) is 27.2 Å². The smallest absolute Gasteiger partial charge is 0.240 e. The normalized spacial score (nSPS) is 12.3. The summed E-state index contributed by atoms with van der Waals surface area (Å²) in [5.74, 6) is 0.0592. The second-order valence-electron chi connectivity index (χ2n) is 5.61. The molecule has 2 heterocycles. The highest BCUT2D eigenvalue weighted by molar-refractivity contribution is 8.00. The molecule has 0 aliphatic heterocycles. The van der Waals surface area contributed by atoms with Crippen molar-refractivity contribution >= 4 is 39.2 Å². The first-order valence-corrected chi connectivity index (χ1v) is 9.46. The molecule has 2 aromatic heterocycles. The number of benzene rings is 1. The van der Waals surface area contributed by atoms with E-state index in [1.165, 1.54) is 16.6 Å². The fourth-order valence-corrected chi connectivity index (χ4v) is 4.61. The van der Waals surface area contributed by atoms with Gasteiger partial charge in [-0.15, -0.1) is 11.3 Å². The topological polar surface area (TPSA) is 46.1 Å². The highest BCUT2D eigenvalue weighted by atomic mass is 32.2. The molecule has 3 aromatic rings. The number of nitrogens with zero attached hydrogens (tertiary/aromatic N) is 3. The lowest BCUT2D eigenvalue weighted by Crippen LogP contribution is -2.26. The molecule has 6 heteroatoms. The van der Waals surface area contributed by atoms with Crippen LogP contribution in [0.3, 0.4) is 0 Å². The molecule has 0 saturated carbocycles. The fraction of sp³-hybridized carbons (Fsp3) is 0.278. The number of amides is 1. The maximum atomic E-state index is 12.7. The van der Waals surface area contributed by atoms with Crippen LogP contribution in [0.1, 0.15) is 22.6 Å². The van der Waals surface area contributed by atoms with Gasteiger partial charge in [-0.3, -0.25) is 4.79 Å². The summed E-state index contributed by atoms with van der Waals surface area (Å²) in [7, 11) is 3.57. The summed E-state index contributed by atoms with van der Waals surface area (Å²) in [6.07, 6.45) is 2.56. The van der Waals surface area contributed by atoms with Crippen LogP contribution in [0.5, 0.6) is 0 Å². The number of carbonyl (C=O) groups is 1. The highest BCUT2D eigenvalue weighted by Crippen LogP contribution is 2.39. The molecule has 0 saturated heterocycles. The van der Waals surface area contributed by atoms with Crippen molar-refractivity contribution in [2.75, 3.05) is 14.1 Å². The maximum absolute atomic E-state index is 12.7. The third-order valence-electron chi connectivity index (χ3n) is 3.69. The first kappa shape index (κ1) is 16.9. The van der Waals surface area contributed by atoms with Gasteiger partial charge >= 0.3 is 0 Å². The van der Waals surface area contributed by atoms with Crippen LogP contribution in [0.25, 0.3) is 10.2 Å². The summed E-state index contributed by atoms with van der Waals surface area (Å²) in [4.78, 5) is 25.4. The van der Waals surface area contributed by atoms with E-state index < -0.39 is 0 Å². The Bertz CT molecular complexity index is 846. The molecule has 24 heavy (non-hydrogen) atoms. The molecule has 124 valence electrons. The van der Waals surface area contributed by atoms with Gasteiger partial charge < -0.3 is 4.90 Å². The zero-order valence-electron chi connectivity index (χ0n) is 13.9. The van der Waals surface area contributed by atoms with E-state index in [-0.39, 0.29) is 11.2 Å². The molecule has 0 aliphatic rings. The number of hydrogen-bond donors (Lipinski definition) is 0. The number of aryl methyl sites for hydroxylation is 1. The van der Waals surface area contributed by atoms with Gasteiger partial charge in [0, 0.05) is 24.4 Å². The van der Waals surface area contributed by atoms with E-state index in [9.17, 15) is 4.79 Å². The van der Waals surface area contributed by atoms with E-state index in [1.807, 2.05) is 30.3 Å². The largest absolute Gasteiger partial charge is 0.348 e. The van der Waals surface area contributed by atoms with E-state index in [1.54, 1.807) is 36.7 Å². The minimum absolute atomic E-state index is 0.0592. The van der Waals surface area contributed by atoms with Crippen molar-refractivity contribution < 1.29 is 4.79 Å². The van der Waals surface area contributed by atoms with Gasteiger partial charge in [0.25, 0.3) is 0 Å². The van der Waals surface area contributed by atoms with E-state index in [4.69, 9.17) is 0 Å². The zero-order valence-corrected chi connectivity index (χ0v) is 15.5. The van der Waals surface area contributed by atoms with Crippen LogP contribution in [0, 0.1) is 0 Å². The van der Waals surface area contributed by atoms with Crippen molar-refractivity contribution in [3.8, 4) is 0 Å². The van der Waals surface area contributed by atoms with Crippen molar-refractivity contribution in [1.29, 1.82) is 0 Å². The van der Waals surface area contributed by atoms with Gasteiger partial charge in [-0.25, -0.2) is 9.97 Å². The lowest BCUT2D eigenvalue weighted by molar-refractivity contribution is -0.128. The van der Waals surface area contributed by atoms with Gasteiger partial charge in [-0.05, 0) is 18.1 Å². The average Bonchev–Trinajstić information content (AvgIpc) is 3.04. The van der Waals surface area contributed by atoms with E-state index in [0.29, 0.717) is 0 Å². The number of carbonyl (C=O) groups excluding carboxylic acids is 1. The van der Waals surface area contributed by atoms with Crippen molar-refractivity contribution in [2.45, 2.75) is 23.6 Å². The standard InChI is InChI=1S/C18H19N3OS2/c1-4-13-10-14-16(23-13)19-11-20-17(14)24-15(18(22)21(2)3)12-8-6-5-7-9-12/h5-11,15H,4H2,1-3H3/t15-/m1/s1. The van der Waals surface area contributed by atoms with Crippen molar-refractivity contribution in [3.63, 3.8) is 0 Å². The number of thioether (sulfide) groups is 1. The number of hydrogen-bond acceptors (Lipinski definition) is 5. The Morgan fingerprint density at radius 2 is 2.00 bits per heavy atom. The summed E-state index contributed by atoms with van der Waals surface area (Å²) >= 11 is 3.19. The molecule has 0 N–H and O–H groups in total. The molecule has 0 spiro atoms. The molecule has 1 atom stereocenters. The Morgan fingerprint density at radius 1 is 1.25 bits per heavy atom. The minimum Gasteiger partial charge on any atom is -0.348 e.